The molecule has 524 valence electrons. The monoisotopic (exact) mass is 1400 g/mol. The lowest BCUT2D eigenvalue weighted by molar-refractivity contribution is -0.199. The summed E-state index contributed by atoms with van der Waals surface area (Å²) in [7, 11) is 5.44. The average Bonchev–Trinajstić information content (AvgIpc) is 1.41. The van der Waals surface area contributed by atoms with Gasteiger partial charge in [-0.2, -0.15) is 0 Å². The lowest BCUT2D eigenvalue weighted by atomic mass is 9.40. The molecule has 2 aromatic heterocycles. The van der Waals surface area contributed by atoms with E-state index in [1.165, 1.54) is 52.3 Å². The number of urea groups is 4. The quantitative estimate of drug-likeness (QED) is 0.0710. The van der Waals surface area contributed by atoms with Gasteiger partial charge in [-0.15, -0.1) is 0 Å². The lowest BCUT2D eigenvalue weighted by Crippen LogP contribution is -2.76. The van der Waals surface area contributed by atoms with E-state index in [9.17, 15) is 29.4 Å². The number of hydrogen-bond acceptors (Lipinski definition) is 14. The molecule has 0 radical (unpaired) electrons. The summed E-state index contributed by atoms with van der Waals surface area (Å²) >= 11 is 0. The maximum Gasteiger partial charge on any atom is 0.371 e. The summed E-state index contributed by atoms with van der Waals surface area (Å²) in [5.41, 5.74) is -4.70. The van der Waals surface area contributed by atoms with Gasteiger partial charge in [0.15, 0.2) is 0 Å². The molecule has 26 heteroatoms. The maximum atomic E-state index is 15.4. The largest absolute Gasteiger partial charge is 0.393 e. The molecule has 0 saturated heterocycles. The highest BCUT2D eigenvalue weighted by atomic mass is 33.1. The van der Waals surface area contributed by atoms with E-state index in [0.717, 1.165) is 74.0 Å². The Morgan fingerprint density at radius 3 is 1.29 bits per heavy atom. The van der Waals surface area contributed by atoms with E-state index in [2.05, 4.69) is 152 Å². The topological polar surface area (TPSA) is 263 Å². The van der Waals surface area contributed by atoms with Crippen molar-refractivity contribution in [1.29, 1.82) is 0 Å². The van der Waals surface area contributed by atoms with E-state index >= 15 is 19.2 Å². The van der Waals surface area contributed by atoms with Crippen molar-refractivity contribution in [3.8, 4) is 0 Å². The Hall–Kier alpha value is -4.76. The fourth-order valence-electron chi connectivity index (χ4n) is 22.2. The summed E-state index contributed by atoms with van der Waals surface area (Å²) in [4.78, 5) is 107. The van der Waals surface area contributed by atoms with Gasteiger partial charge >= 0.3 is 46.9 Å². The molecule has 96 heavy (non-hydrogen) atoms. The number of carbonyl (C=O) groups excluding carboxylic acids is 4. The fourth-order valence-corrected chi connectivity index (χ4v) is 26.0. The molecule has 6 saturated carbocycles. The number of hydrogen-bond donors (Lipinski definition) is 2. The zero-order valence-electron chi connectivity index (χ0n) is 58.0. The normalized spacial score (nSPS) is 39.3. The van der Waals surface area contributed by atoms with E-state index in [1.54, 1.807) is 0 Å². The van der Waals surface area contributed by atoms with Crippen LogP contribution < -0.4 is 22.8 Å². The smallest absolute Gasteiger partial charge is 0.371 e. The third-order valence-electron chi connectivity index (χ3n) is 27.9. The van der Waals surface area contributed by atoms with Crippen molar-refractivity contribution in [1.82, 2.24) is 37.7 Å². The number of imide groups is 2. The lowest BCUT2D eigenvalue weighted by Gasteiger charge is -2.71. The van der Waals surface area contributed by atoms with Crippen LogP contribution in [0.2, 0.25) is 0 Å². The number of allylic oxidation sites excluding steroid dienone is 8. The molecule has 2 N–H and O–H groups in total. The van der Waals surface area contributed by atoms with E-state index in [0.29, 0.717) is 84.5 Å². The Morgan fingerprint density at radius 2 is 0.844 bits per heavy atom. The Kier molecular flexibility index (Phi) is 18.2. The van der Waals surface area contributed by atoms with Crippen LogP contribution in [0.25, 0.3) is 0 Å². The van der Waals surface area contributed by atoms with Crippen LogP contribution in [0.4, 0.5) is 19.2 Å². The molecular formula is C70H100N12O10S4. The molecule has 6 fully saturated rings. The molecular weight excluding hydrogens is 1300 g/mol. The van der Waals surface area contributed by atoms with E-state index < -0.39 is 58.5 Å². The highest BCUT2D eigenvalue weighted by molar-refractivity contribution is 8.76. The molecule has 8 heterocycles. The molecule has 16 rings (SSSR count). The SMILES string of the molecule is CC(C)[C@@H](C)/C=C/[C@@H](C)[C@H]1CC[C@H]2C34C=CC5(C[C@@H](O)CC[C@]5(C)[C@H]3CC[C@]12C)n1c(=O)n(CCSSCn2c(=O)n3n(c2=O)C25C=CC36[C@@H]3CC[C@H]([C@H](C)/C=C/[C@H](C)C(C)C)[C@@]3(C)CC[C@@H]6[C@@]2(C)CC[C@H](O)C5)c(=O)n14.O=C1N=NC(=O)N1CCSSCN1C(=O)N=NC1=O. The van der Waals surface area contributed by atoms with Gasteiger partial charge in [-0.3, -0.25) is 0 Å². The molecule has 0 aromatic carbocycles. The van der Waals surface area contributed by atoms with Gasteiger partial charge in [-0.25, -0.2) is 76.0 Å². The molecule has 22 nitrogen and oxygen atoms in total. The Bertz CT molecular complexity index is 3640. The number of rotatable bonds is 20. The molecule has 2 aromatic rings. The second-order valence-electron chi connectivity index (χ2n) is 32.5. The minimum Gasteiger partial charge on any atom is -0.393 e. The molecule has 14 aliphatic rings. The molecule has 20 atom stereocenters. The van der Waals surface area contributed by atoms with E-state index in [-0.39, 0.29) is 92.9 Å². The van der Waals surface area contributed by atoms with Crippen molar-refractivity contribution in [2.24, 2.45) is 113 Å². The number of fused-ring (bicyclic) bond motifs is 2. The molecule has 4 spiro atoms. The number of nitrogens with zero attached hydrogens (tertiary/aromatic N) is 12. The van der Waals surface area contributed by atoms with Gasteiger partial charge in [-0.1, -0.05) is 195 Å². The van der Waals surface area contributed by atoms with Crippen LogP contribution >= 0.6 is 43.2 Å². The Labute approximate surface area is 578 Å². The third-order valence-corrected chi connectivity index (χ3v) is 32.3. The fraction of sp³-hybridized carbons (Fsp3) is 0.771. The summed E-state index contributed by atoms with van der Waals surface area (Å²) in [6.07, 6.45) is 30.0. The molecule has 8 aliphatic carbocycles. The van der Waals surface area contributed by atoms with E-state index in [4.69, 9.17) is 0 Å². The molecule has 6 aliphatic heterocycles. The summed E-state index contributed by atoms with van der Waals surface area (Å²) in [6, 6.07) is -2.75. The number of aromatic nitrogens is 6. The van der Waals surface area contributed by atoms with E-state index in [1.807, 2.05) is 18.7 Å². The summed E-state index contributed by atoms with van der Waals surface area (Å²) in [6.45, 7) is 28.6. The van der Waals surface area contributed by atoms with Gasteiger partial charge in [-0.05, 0) is 159 Å². The predicted molar refractivity (Wildman–Crippen MR) is 376 cm³/mol. The number of azo groups is 2. The van der Waals surface area contributed by atoms with Crippen molar-refractivity contribution >= 4 is 67.3 Å². The van der Waals surface area contributed by atoms with Crippen LogP contribution in [0.15, 0.2) is 88.2 Å². The third kappa shape index (κ3) is 10.0. The minimum absolute atomic E-state index is 0.0269. The first-order valence-corrected chi connectivity index (χ1v) is 40.5. The predicted octanol–water partition coefficient (Wildman–Crippen LogP) is 13.2. The number of carbonyl (C=O) groups is 4. The second-order valence-corrected chi connectivity index (χ2v) is 37.6. The van der Waals surface area contributed by atoms with Crippen LogP contribution in [-0.4, -0.2) is 108 Å². The average molecular weight is 1400 g/mol. The van der Waals surface area contributed by atoms with Crippen LogP contribution in [0.1, 0.15) is 173 Å². The zero-order valence-corrected chi connectivity index (χ0v) is 61.3. The van der Waals surface area contributed by atoms with Crippen LogP contribution in [0, 0.1) is 92.7 Å². The number of aliphatic hydroxyl groups excluding tert-OH is 2. The Morgan fingerprint density at radius 1 is 0.448 bits per heavy atom. The van der Waals surface area contributed by atoms with Crippen molar-refractivity contribution in [3.63, 3.8) is 0 Å². The van der Waals surface area contributed by atoms with Gasteiger partial charge in [0, 0.05) is 48.3 Å². The van der Waals surface area contributed by atoms with Crippen molar-refractivity contribution < 1.29 is 29.4 Å². The zero-order chi connectivity index (χ0) is 68.8. The first-order chi connectivity index (χ1) is 45.5. The maximum absolute atomic E-state index is 15.4. The first-order valence-electron chi connectivity index (χ1n) is 35.5. The van der Waals surface area contributed by atoms with Gasteiger partial charge < -0.3 is 10.2 Å². The second kappa shape index (κ2) is 25.1. The Balaban J connectivity index is 0.000000377. The summed E-state index contributed by atoms with van der Waals surface area (Å²) < 4.78 is 10.5. The minimum atomic E-state index is -0.809. The number of aliphatic hydroxyl groups is 2. The van der Waals surface area contributed by atoms with Gasteiger partial charge in [0.2, 0.25) is 0 Å². The summed E-state index contributed by atoms with van der Waals surface area (Å²) in [5, 5.41) is 35.3. The molecule has 4 unspecified atom stereocenters. The van der Waals surface area contributed by atoms with Gasteiger partial charge in [0.05, 0.1) is 46.1 Å². The summed E-state index contributed by atoms with van der Waals surface area (Å²) in [5.74, 6) is 5.63. The van der Waals surface area contributed by atoms with Crippen LogP contribution in [0.5, 0.6) is 0 Å². The molecule has 8 amide bonds. The number of amides is 8. The highest BCUT2D eigenvalue weighted by Crippen LogP contribution is 2.76. The van der Waals surface area contributed by atoms with Crippen molar-refractivity contribution in [2.45, 2.75) is 220 Å². The van der Waals surface area contributed by atoms with Crippen molar-refractivity contribution in [3.05, 3.63) is 90.5 Å². The highest BCUT2D eigenvalue weighted by Gasteiger charge is 2.77. The standard InChI is InChI=1S/C63H94N6O6S2.C7H6N6O4S2/c1-38(2)40(5)13-15-42(7)46-17-19-48-56(46,9)25-23-50-58(11)27-21-44(70)35-60(58)29-31-62(48,50)68-53(73)64(52(72)66(60)68)33-34-76-77-37-65-54(74)67-61-30-32-63(69(67)55(65)75)49-20-18-47(43(8)16-14-41(6)39(3)4)57(49,10)26-24-51(63)59(61,12)28-22-45(71)36-61;14-4-8-9-5(15)12(4)1-2-18-19-3-13-6(16)10-11-7(13)17/h13-16,29-32,38-51,70-71H,17-28,33-37H2,1-12H3;1-3H2/b15-13+,16-14+;/t40-,41-,42+,43+,44-,45-,46+,47+,48+,49+,50+,51+,56+,57+,58+,59+,60?,61?,62?,63?;/m0./s1. The van der Waals surface area contributed by atoms with Crippen LogP contribution in [-0.2, 0) is 34.6 Å². The van der Waals surface area contributed by atoms with Crippen molar-refractivity contribution in [2.75, 3.05) is 23.9 Å². The van der Waals surface area contributed by atoms with Gasteiger partial charge in [0.1, 0.15) is 0 Å². The first kappa shape index (κ1) is 69.7. The van der Waals surface area contributed by atoms with Gasteiger partial charge in [0.25, 0.3) is 0 Å². The van der Waals surface area contributed by atoms with Crippen LogP contribution in [0.3, 0.4) is 0 Å². The molecule has 4 bridgehead atoms.